The minimum atomic E-state index is -4.84. The number of halogens is 6. The van der Waals surface area contributed by atoms with Crippen LogP contribution in [-0.2, 0) is 16.0 Å². The second kappa shape index (κ2) is 12.9. The number of esters is 1. The molecule has 0 saturated heterocycles. The monoisotopic (exact) mass is 593 g/mol. The molecule has 4 rings (SSSR count). The molecular formula is C31H29ClF5NO3. The Hall–Kier alpha value is -3.59. The Kier molecular flexibility index (Phi) is 9.58. The molecule has 1 heterocycles. The number of alkyl halides is 3. The Morgan fingerprint density at radius 3 is 2.32 bits per heavy atom. The average molecular weight is 594 g/mol. The van der Waals surface area contributed by atoms with Crippen LogP contribution in [0.5, 0.6) is 5.75 Å². The zero-order chi connectivity index (χ0) is 29.7. The summed E-state index contributed by atoms with van der Waals surface area (Å²) in [5.74, 6) is -2.67. The van der Waals surface area contributed by atoms with E-state index in [4.69, 9.17) is 16.3 Å². The van der Waals surface area contributed by atoms with E-state index in [1.165, 1.54) is 36.4 Å². The molecule has 10 heteroatoms. The van der Waals surface area contributed by atoms with Crippen LogP contribution in [0.2, 0.25) is 5.02 Å². The Labute approximate surface area is 239 Å². The molecule has 0 aliphatic carbocycles. The van der Waals surface area contributed by atoms with Gasteiger partial charge in [-0.3, -0.25) is 4.79 Å². The number of ether oxygens (including phenoxy) is 2. The van der Waals surface area contributed by atoms with Crippen molar-refractivity contribution in [3.05, 3.63) is 99.7 Å². The van der Waals surface area contributed by atoms with E-state index in [1.807, 2.05) is 6.92 Å². The van der Waals surface area contributed by atoms with Crippen molar-refractivity contribution in [2.24, 2.45) is 0 Å². The molecule has 2 atom stereocenters. The molecule has 41 heavy (non-hydrogen) atoms. The van der Waals surface area contributed by atoms with E-state index in [0.717, 1.165) is 0 Å². The summed E-state index contributed by atoms with van der Waals surface area (Å²) in [6, 6.07) is 13.2. The summed E-state index contributed by atoms with van der Waals surface area (Å²) in [7, 11) is 0. The third-order valence-corrected chi connectivity index (χ3v) is 7.18. The van der Waals surface area contributed by atoms with Crippen molar-refractivity contribution >= 4 is 28.5 Å². The van der Waals surface area contributed by atoms with Gasteiger partial charge >= 0.3 is 12.3 Å². The first-order chi connectivity index (χ1) is 19.5. The number of benzene rings is 3. The molecule has 0 aliphatic heterocycles. The lowest BCUT2D eigenvalue weighted by atomic mass is 9.75. The van der Waals surface area contributed by atoms with Crippen molar-refractivity contribution in [3.8, 4) is 5.75 Å². The standard InChI is InChI=1S/C31H29ClF5NO3/c1-3-5-23(20-7-6-18(26(33)14-20)10-13-28(39)40-4-2)29(19-8-11-22(12-9-19)41-31(35,36)37)25-17-38-30-24(25)15-21(32)16-27(30)34/h6-9,11-12,14-17,23,29,38H,3-5,10,13H2,1-2H3. The Morgan fingerprint density at radius 2 is 1.68 bits per heavy atom. The lowest BCUT2D eigenvalue weighted by Crippen LogP contribution is -2.17. The van der Waals surface area contributed by atoms with Gasteiger partial charge in [-0.05, 0) is 78.3 Å². The summed E-state index contributed by atoms with van der Waals surface area (Å²) < 4.78 is 77.5. The summed E-state index contributed by atoms with van der Waals surface area (Å²) in [6.45, 7) is 3.91. The highest BCUT2D eigenvalue weighted by Crippen LogP contribution is 2.45. The van der Waals surface area contributed by atoms with Crippen LogP contribution in [0.1, 0.15) is 67.2 Å². The average Bonchev–Trinajstić information content (AvgIpc) is 3.31. The van der Waals surface area contributed by atoms with Crippen molar-refractivity contribution in [1.82, 2.24) is 4.98 Å². The van der Waals surface area contributed by atoms with Gasteiger partial charge in [-0.2, -0.15) is 0 Å². The Balaban J connectivity index is 1.80. The first kappa shape index (κ1) is 30.4. The third-order valence-electron chi connectivity index (χ3n) is 6.96. The highest BCUT2D eigenvalue weighted by Gasteiger charge is 2.32. The number of aryl methyl sites for hydroxylation is 1. The minimum absolute atomic E-state index is 0.0408. The first-order valence-electron chi connectivity index (χ1n) is 13.3. The molecule has 218 valence electrons. The summed E-state index contributed by atoms with van der Waals surface area (Å²) in [4.78, 5) is 14.7. The Morgan fingerprint density at radius 1 is 0.976 bits per heavy atom. The van der Waals surface area contributed by atoms with Gasteiger partial charge in [-0.1, -0.05) is 49.2 Å². The molecule has 1 aromatic heterocycles. The van der Waals surface area contributed by atoms with Crippen LogP contribution in [0, 0.1) is 11.6 Å². The molecule has 2 unspecified atom stereocenters. The van der Waals surface area contributed by atoms with Crippen molar-refractivity contribution in [2.75, 3.05) is 6.61 Å². The van der Waals surface area contributed by atoms with Gasteiger partial charge in [0.05, 0.1) is 12.1 Å². The van der Waals surface area contributed by atoms with Gasteiger partial charge in [-0.25, -0.2) is 8.78 Å². The molecule has 1 N–H and O–H groups in total. The van der Waals surface area contributed by atoms with Crippen molar-refractivity contribution < 1.29 is 36.2 Å². The van der Waals surface area contributed by atoms with Crippen molar-refractivity contribution in [2.45, 2.75) is 57.7 Å². The maximum Gasteiger partial charge on any atom is 0.573 e. The number of hydrogen-bond donors (Lipinski definition) is 1. The first-order valence-corrected chi connectivity index (χ1v) is 13.6. The van der Waals surface area contributed by atoms with Crippen LogP contribution in [0.3, 0.4) is 0 Å². The second-order valence-corrected chi connectivity index (χ2v) is 10.1. The largest absolute Gasteiger partial charge is 0.573 e. The maximum absolute atomic E-state index is 15.3. The topological polar surface area (TPSA) is 51.3 Å². The van der Waals surface area contributed by atoms with E-state index in [2.05, 4.69) is 9.72 Å². The van der Waals surface area contributed by atoms with Crippen LogP contribution >= 0.6 is 11.6 Å². The predicted octanol–water partition coefficient (Wildman–Crippen LogP) is 9.21. The lowest BCUT2D eigenvalue weighted by molar-refractivity contribution is -0.274. The molecular weight excluding hydrogens is 565 g/mol. The summed E-state index contributed by atoms with van der Waals surface area (Å²) in [6.07, 6.45) is -1.68. The fourth-order valence-corrected chi connectivity index (χ4v) is 5.45. The smallest absolute Gasteiger partial charge is 0.466 e. The highest BCUT2D eigenvalue weighted by atomic mass is 35.5. The zero-order valence-electron chi connectivity index (χ0n) is 22.5. The quantitative estimate of drug-likeness (QED) is 0.139. The number of carbonyl (C=O) groups is 1. The van der Waals surface area contributed by atoms with Gasteiger partial charge in [0.2, 0.25) is 0 Å². The fraction of sp³-hybridized carbons (Fsp3) is 0.323. The van der Waals surface area contributed by atoms with E-state index in [-0.39, 0.29) is 41.7 Å². The van der Waals surface area contributed by atoms with Crippen LogP contribution < -0.4 is 4.74 Å². The number of fused-ring (bicyclic) bond motifs is 1. The Bertz CT molecular complexity index is 1500. The number of aromatic amines is 1. The fourth-order valence-electron chi connectivity index (χ4n) is 5.24. The molecule has 0 saturated carbocycles. The third kappa shape index (κ3) is 7.38. The maximum atomic E-state index is 15.3. The second-order valence-electron chi connectivity index (χ2n) is 9.70. The minimum Gasteiger partial charge on any atom is -0.466 e. The van der Waals surface area contributed by atoms with Crippen LogP contribution in [-0.4, -0.2) is 23.9 Å². The van der Waals surface area contributed by atoms with Crippen LogP contribution in [0.25, 0.3) is 10.9 Å². The van der Waals surface area contributed by atoms with Gasteiger partial charge in [0.25, 0.3) is 0 Å². The zero-order valence-corrected chi connectivity index (χ0v) is 23.2. The van der Waals surface area contributed by atoms with Crippen molar-refractivity contribution in [1.29, 1.82) is 0 Å². The molecule has 0 radical (unpaired) electrons. The molecule has 3 aromatic carbocycles. The summed E-state index contributed by atoms with van der Waals surface area (Å²) in [5.41, 5.74) is 2.55. The molecule has 0 fully saturated rings. The highest BCUT2D eigenvalue weighted by molar-refractivity contribution is 6.31. The van der Waals surface area contributed by atoms with Crippen LogP contribution in [0.15, 0.2) is 60.8 Å². The number of hydrogen-bond acceptors (Lipinski definition) is 3. The van der Waals surface area contributed by atoms with E-state index in [0.29, 0.717) is 40.5 Å². The number of H-pyrrole nitrogens is 1. The van der Waals surface area contributed by atoms with Gasteiger partial charge < -0.3 is 14.5 Å². The number of nitrogens with one attached hydrogen (secondary N) is 1. The number of rotatable bonds is 11. The molecule has 0 bridgehead atoms. The normalized spacial score (nSPS) is 13.3. The molecule has 0 spiro atoms. The van der Waals surface area contributed by atoms with E-state index in [1.54, 1.807) is 31.3 Å². The summed E-state index contributed by atoms with van der Waals surface area (Å²) in [5, 5.41) is 0.704. The SMILES string of the molecule is CCCC(c1ccc(CCC(=O)OCC)c(F)c1)C(c1ccc(OC(F)(F)F)cc1)c1c[nH]c2c(F)cc(Cl)cc12. The molecule has 0 amide bonds. The van der Waals surface area contributed by atoms with Gasteiger partial charge in [-0.15, -0.1) is 13.2 Å². The predicted molar refractivity (Wildman–Crippen MR) is 147 cm³/mol. The van der Waals surface area contributed by atoms with Gasteiger partial charge in [0.15, 0.2) is 0 Å². The van der Waals surface area contributed by atoms with E-state index >= 15 is 4.39 Å². The number of carbonyl (C=O) groups excluding carboxylic acids is 1. The van der Waals surface area contributed by atoms with Crippen LogP contribution in [0.4, 0.5) is 22.0 Å². The lowest BCUT2D eigenvalue weighted by Gasteiger charge is -2.29. The van der Waals surface area contributed by atoms with Gasteiger partial charge in [0.1, 0.15) is 17.4 Å². The molecule has 4 nitrogen and oxygen atoms in total. The van der Waals surface area contributed by atoms with Gasteiger partial charge in [0, 0.05) is 28.9 Å². The summed E-state index contributed by atoms with van der Waals surface area (Å²) >= 11 is 6.19. The van der Waals surface area contributed by atoms with Crippen molar-refractivity contribution in [3.63, 3.8) is 0 Å². The van der Waals surface area contributed by atoms with E-state index < -0.39 is 29.9 Å². The number of aromatic nitrogens is 1. The molecule has 4 aromatic rings. The molecule has 0 aliphatic rings. The van der Waals surface area contributed by atoms with E-state index in [9.17, 15) is 22.4 Å².